The molecule has 108 valence electrons. The van der Waals surface area contributed by atoms with E-state index < -0.39 is 0 Å². The van der Waals surface area contributed by atoms with Crippen molar-refractivity contribution in [3.05, 3.63) is 65.7 Å². The van der Waals surface area contributed by atoms with E-state index in [9.17, 15) is 4.79 Å². The van der Waals surface area contributed by atoms with Crippen molar-refractivity contribution in [3.8, 4) is 11.1 Å². The van der Waals surface area contributed by atoms with Gasteiger partial charge < -0.3 is 4.74 Å². The third-order valence-corrected chi connectivity index (χ3v) is 3.31. The number of benzene rings is 2. The highest BCUT2D eigenvalue weighted by Gasteiger charge is 2.09. The highest BCUT2D eigenvalue weighted by molar-refractivity contribution is 5.91. The number of methoxy groups -OCH3 is 1. The number of esters is 1. The van der Waals surface area contributed by atoms with Gasteiger partial charge in [-0.25, -0.2) is 4.79 Å². The highest BCUT2D eigenvalue weighted by Crippen LogP contribution is 2.26. The molecule has 0 unspecified atom stereocenters. The van der Waals surface area contributed by atoms with Gasteiger partial charge in [0.15, 0.2) is 0 Å². The van der Waals surface area contributed by atoms with Crippen LogP contribution >= 0.6 is 0 Å². The molecule has 2 aromatic rings. The Morgan fingerprint density at radius 1 is 1.14 bits per heavy atom. The van der Waals surface area contributed by atoms with Gasteiger partial charge in [0.2, 0.25) is 0 Å². The Balaban J connectivity index is 2.46. The second-order valence-electron chi connectivity index (χ2n) is 4.85. The molecule has 2 heteroatoms. The predicted octanol–water partition coefficient (Wildman–Crippen LogP) is 4.95. The normalized spacial score (nSPS) is 10.8. The van der Waals surface area contributed by atoms with Crippen molar-refractivity contribution in [3.63, 3.8) is 0 Å². The summed E-state index contributed by atoms with van der Waals surface area (Å²) >= 11 is 0. The van der Waals surface area contributed by atoms with Crippen LogP contribution in [0.4, 0.5) is 0 Å². The van der Waals surface area contributed by atoms with E-state index in [0.717, 1.165) is 29.5 Å². The smallest absolute Gasteiger partial charge is 0.337 e. The fourth-order valence-corrected chi connectivity index (χ4v) is 2.20. The first-order valence-electron chi connectivity index (χ1n) is 7.20. The summed E-state index contributed by atoms with van der Waals surface area (Å²) < 4.78 is 4.80. The Hall–Kier alpha value is -2.35. The van der Waals surface area contributed by atoms with Crippen LogP contribution in [0.15, 0.2) is 54.6 Å². The molecule has 2 aromatic carbocycles. The monoisotopic (exact) mass is 280 g/mol. The van der Waals surface area contributed by atoms with Crippen molar-refractivity contribution in [2.45, 2.75) is 19.8 Å². The molecule has 0 saturated carbocycles. The molecule has 0 aromatic heterocycles. The maximum atomic E-state index is 11.7. The fraction of sp³-hybridized carbons (Fsp3) is 0.211. The van der Waals surface area contributed by atoms with Crippen LogP contribution in [0.3, 0.4) is 0 Å². The van der Waals surface area contributed by atoms with Crippen LogP contribution in [0.5, 0.6) is 0 Å². The summed E-state index contributed by atoms with van der Waals surface area (Å²) in [5.74, 6) is -0.306. The molecule has 0 heterocycles. The molecular weight excluding hydrogens is 260 g/mol. The Morgan fingerprint density at radius 3 is 2.57 bits per heavy atom. The number of carbonyl (C=O) groups is 1. The largest absolute Gasteiger partial charge is 0.465 e. The van der Waals surface area contributed by atoms with Crippen LogP contribution in [-0.4, -0.2) is 13.1 Å². The second kappa shape index (κ2) is 7.44. The molecule has 0 aliphatic rings. The molecule has 0 N–H and O–H groups in total. The van der Waals surface area contributed by atoms with Gasteiger partial charge in [0.05, 0.1) is 12.7 Å². The number of ether oxygens (including phenoxy) is 1. The first-order valence-corrected chi connectivity index (χ1v) is 7.20. The summed E-state index contributed by atoms with van der Waals surface area (Å²) in [4.78, 5) is 11.7. The number of allylic oxidation sites excluding steroid dienone is 1. The summed E-state index contributed by atoms with van der Waals surface area (Å²) in [6, 6.07) is 15.9. The van der Waals surface area contributed by atoms with Crippen LogP contribution in [0.1, 0.15) is 35.7 Å². The Bertz CT molecular complexity index is 627. The SMILES string of the molecule is CCCC=Cc1cc(C(=O)OC)ccc1-c1ccccc1. The molecule has 0 aliphatic carbocycles. The van der Waals surface area contributed by atoms with E-state index in [1.54, 1.807) is 0 Å². The lowest BCUT2D eigenvalue weighted by Gasteiger charge is -2.09. The summed E-state index contributed by atoms with van der Waals surface area (Å²) in [5, 5.41) is 0. The van der Waals surface area contributed by atoms with E-state index >= 15 is 0 Å². The molecular formula is C19H20O2. The van der Waals surface area contributed by atoms with E-state index in [1.807, 2.05) is 36.4 Å². The van der Waals surface area contributed by atoms with Crippen LogP contribution < -0.4 is 0 Å². The van der Waals surface area contributed by atoms with Crippen molar-refractivity contribution < 1.29 is 9.53 Å². The third kappa shape index (κ3) is 3.82. The van der Waals surface area contributed by atoms with Gasteiger partial charge >= 0.3 is 5.97 Å². The quantitative estimate of drug-likeness (QED) is 0.724. The van der Waals surface area contributed by atoms with Gasteiger partial charge in [-0.3, -0.25) is 0 Å². The van der Waals surface area contributed by atoms with Crippen molar-refractivity contribution in [2.24, 2.45) is 0 Å². The van der Waals surface area contributed by atoms with Crippen molar-refractivity contribution in [2.75, 3.05) is 7.11 Å². The van der Waals surface area contributed by atoms with Gasteiger partial charge in [-0.2, -0.15) is 0 Å². The van der Waals surface area contributed by atoms with Crippen LogP contribution in [-0.2, 0) is 4.74 Å². The van der Waals surface area contributed by atoms with Crippen molar-refractivity contribution in [1.29, 1.82) is 0 Å². The van der Waals surface area contributed by atoms with E-state index in [4.69, 9.17) is 4.74 Å². The molecule has 0 spiro atoms. The zero-order valence-electron chi connectivity index (χ0n) is 12.5. The zero-order valence-corrected chi connectivity index (χ0v) is 12.5. The lowest BCUT2D eigenvalue weighted by molar-refractivity contribution is 0.0600. The Labute approximate surface area is 126 Å². The number of unbranched alkanes of at least 4 members (excludes halogenated alkanes) is 1. The minimum Gasteiger partial charge on any atom is -0.465 e. The fourth-order valence-electron chi connectivity index (χ4n) is 2.20. The number of hydrogen-bond donors (Lipinski definition) is 0. The van der Waals surface area contributed by atoms with E-state index in [1.165, 1.54) is 7.11 Å². The van der Waals surface area contributed by atoms with Crippen LogP contribution in [0.2, 0.25) is 0 Å². The molecule has 0 amide bonds. The molecule has 21 heavy (non-hydrogen) atoms. The van der Waals surface area contributed by atoms with Crippen molar-refractivity contribution >= 4 is 12.0 Å². The van der Waals surface area contributed by atoms with Gasteiger partial charge in [0.25, 0.3) is 0 Å². The Kier molecular flexibility index (Phi) is 5.33. The molecule has 0 bridgehead atoms. The highest BCUT2D eigenvalue weighted by atomic mass is 16.5. The molecule has 2 rings (SSSR count). The summed E-state index contributed by atoms with van der Waals surface area (Å²) in [6.45, 7) is 2.15. The Morgan fingerprint density at radius 2 is 1.90 bits per heavy atom. The average Bonchev–Trinajstić information content (AvgIpc) is 2.55. The summed E-state index contributed by atoms with van der Waals surface area (Å²) in [7, 11) is 1.40. The number of rotatable bonds is 5. The second-order valence-corrected chi connectivity index (χ2v) is 4.85. The number of hydrogen-bond acceptors (Lipinski definition) is 2. The maximum absolute atomic E-state index is 11.7. The van der Waals surface area contributed by atoms with Gasteiger partial charge in [-0.15, -0.1) is 0 Å². The summed E-state index contributed by atoms with van der Waals surface area (Å²) in [6.07, 6.45) is 6.35. The minimum atomic E-state index is -0.306. The topological polar surface area (TPSA) is 26.3 Å². The maximum Gasteiger partial charge on any atom is 0.337 e. The minimum absolute atomic E-state index is 0.306. The first-order chi connectivity index (χ1) is 10.3. The first kappa shape index (κ1) is 15.0. The molecule has 0 radical (unpaired) electrons. The molecule has 0 aliphatic heterocycles. The number of carbonyl (C=O) groups excluding carboxylic acids is 1. The van der Waals surface area contributed by atoms with Crippen LogP contribution in [0.25, 0.3) is 17.2 Å². The van der Waals surface area contributed by atoms with Crippen LogP contribution in [0, 0.1) is 0 Å². The van der Waals surface area contributed by atoms with Gasteiger partial charge in [0.1, 0.15) is 0 Å². The average molecular weight is 280 g/mol. The lowest BCUT2D eigenvalue weighted by atomic mass is 9.97. The van der Waals surface area contributed by atoms with Crippen molar-refractivity contribution in [1.82, 2.24) is 0 Å². The predicted molar refractivity (Wildman–Crippen MR) is 87.2 cm³/mol. The molecule has 0 atom stereocenters. The summed E-state index contributed by atoms with van der Waals surface area (Å²) in [5.41, 5.74) is 3.88. The third-order valence-electron chi connectivity index (χ3n) is 3.31. The lowest BCUT2D eigenvalue weighted by Crippen LogP contribution is -2.01. The molecule has 0 saturated heterocycles. The van der Waals surface area contributed by atoms with E-state index in [-0.39, 0.29) is 5.97 Å². The van der Waals surface area contributed by atoms with Gasteiger partial charge in [-0.05, 0) is 35.2 Å². The van der Waals surface area contributed by atoms with Gasteiger partial charge in [-0.1, -0.05) is 61.9 Å². The molecule has 0 fully saturated rings. The zero-order chi connectivity index (χ0) is 15.1. The van der Waals surface area contributed by atoms with Gasteiger partial charge in [0, 0.05) is 0 Å². The van der Waals surface area contributed by atoms with E-state index in [2.05, 4.69) is 31.2 Å². The van der Waals surface area contributed by atoms with E-state index in [0.29, 0.717) is 5.56 Å². The standard InChI is InChI=1S/C19H20O2/c1-3-4-6-11-16-14-17(19(20)21-2)12-13-18(16)15-9-7-5-8-10-15/h5-14H,3-4H2,1-2H3. The molecule has 2 nitrogen and oxygen atoms in total.